The van der Waals surface area contributed by atoms with Gasteiger partial charge in [-0.3, -0.25) is 4.52 Å². The van der Waals surface area contributed by atoms with Gasteiger partial charge >= 0.3 is 7.82 Å². The van der Waals surface area contributed by atoms with Gasteiger partial charge in [0.1, 0.15) is 0 Å². The van der Waals surface area contributed by atoms with Crippen LogP contribution >= 0.6 is 23.8 Å². The minimum absolute atomic E-state index is 0.173. The van der Waals surface area contributed by atoms with E-state index in [9.17, 15) is 4.57 Å². The molecule has 2 aromatic carbocycles. The topological polar surface area (TPSA) is 103 Å². The molecule has 0 saturated carbocycles. The highest BCUT2D eigenvalue weighted by atomic mass is 79.9. The lowest BCUT2D eigenvalue weighted by molar-refractivity contribution is 0.147. The summed E-state index contributed by atoms with van der Waals surface area (Å²) in [5.74, 6) is 1.28. The van der Waals surface area contributed by atoms with Gasteiger partial charge in [0.2, 0.25) is 6.79 Å². The molecule has 1 aliphatic rings. The average molecular weight is 453 g/mol. The Morgan fingerprint density at radius 2 is 1.93 bits per heavy atom. The van der Waals surface area contributed by atoms with E-state index in [4.69, 9.17) is 19.3 Å². The average Bonchev–Trinajstić information content (AvgIpc) is 3.25. The van der Waals surface area contributed by atoms with Crippen molar-refractivity contribution in [1.29, 1.82) is 0 Å². The van der Waals surface area contributed by atoms with Crippen LogP contribution in [-0.2, 0) is 15.8 Å². The molecule has 2 heterocycles. The van der Waals surface area contributed by atoms with Crippen LogP contribution in [0.25, 0.3) is 22.5 Å². The van der Waals surface area contributed by atoms with Crippen LogP contribution in [0, 0.1) is 0 Å². The highest BCUT2D eigenvalue weighted by molar-refractivity contribution is 9.10. The second kappa shape index (κ2) is 7.10. The van der Waals surface area contributed by atoms with Gasteiger partial charge in [-0.25, -0.2) is 9.25 Å². The molecule has 0 fully saturated rings. The maximum absolute atomic E-state index is 11.1. The number of fused-ring (bicyclic) bond motifs is 1. The van der Waals surface area contributed by atoms with E-state index in [0.29, 0.717) is 22.9 Å². The molecule has 8 nitrogen and oxygen atoms in total. The van der Waals surface area contributed by atoms with Crippen LogP contribution in [0.3, 0.4) is 0 Å². The molecule has 0 saturated heterocycles. The zero-order valence-electron chi connectivity index (χ0n) is 13.8. The van der Waals surface area contributed by atoms with Gasteiger partial charge in [0, 0.05) is 15.6 Å². The molecule has 2 N–H and O–H groups in total. The van der Waals surface area contributed by atoms with Crippen LogP contribution in [0.2, 0.25) is 0 Å². The van der Waals surface area contributed by atoms with Gasteiger partial charge in [-0.15, -0.1) is 0 Å². The Labute approximate surface area is 162 Å². The van der Waals surface area contributed by atoms with E-state index in [2.05, 4.69) is 25.6 Å². The van der Waals surface area contributed by atoms with Gasteiger partial charge in [0.15, 0.2) is 18.2 Å². The van der Waals surface area contributed by atoms with Crippen LogP contribution in [0.15, 0.2) is 53.0 Å². The Balaban J connectivity index is 1.76. The Morgan fingerprint density at radius 1 is 1.11 bits per heavy atom. The second-order valence-corrected chi connectivity index (χ2v) is 7.90. The molecule has 140 valence electrons. The summed E-state index contributed by atoms with van der Waals surface area (Å²) in [4.78, 5) is 18.0. The van der Waals surface area contributed by atoms with Gasteiger partial charge in [0.25, 0.3) is 0 Å². The molecule has 10 heteroatoms. The highest BCUT2D eigenvalue weighted by Gasteiger charge is 2.19. The van der Waals surface area contributed by atoms with Crippen molar-refractivity contribution in [2.75, 3.05) is 6.79 Å². The SMILES string of the molecule is O=P(O)(O)OCn1nc(-c2ccc3c(c2)OCO3)cc1-c1cccc(Br)c1. The maximum atomic E-state index is 11.1. The first-order valence-corrected chi connectivity index (χ1v) is 10.2. The van der Waals surface area contributed by atoms with Crippen molar-refractivity contribution >= 4 is 23.8 Å². The van der Waals surface area contributed by atoms with E-state index in [1.54, 1.807) is 6.07 Å². The number of aromatic nitrogens is 2. The van der Waals surface area contributed by atoms with E-state index >= 15 is 0 Å². The molecule has 0 amide bonds. The molecule has 1 aromatic heterocycles. The minimum atomic E-state index is -4.63. The molecule has 3 aromatic rings. The van der Waals surface area contributed by atoms with Crippen molar-refractivity contribution in [3.8, 4) is 34.0 Å². The maximum Gasteiger partial charge on any atom is 0.471 e. The summed E-state index contributed by atoms with van der Waals surface area (Å²) in [6.07, 6.45) is 0. The van der Waals surface area contributed by atoms with Crippen molar-refractivity contribution in [3.63, 3.8) is 0 Å². The summed E-state index contributed by atoms with van der Waals surface area (Å²) >= 11 is 3.42. The summed E-state index contributed by atoms with van der Waals surface area (Å²) in [6.45, 7) is -0.219. The first-order chi connectivity index (χ1) is 12.9. The fourth-order valence-electron chi connectivity index (χ4n) is 2.72. The summed E-state index contributed by atoms with van der Waals surface area (Å²) < 4.78 is 28.7. The van der Waals surface area contributed by atoms with Crippen molar-refractivity contribution < 1.29 is 28.3 Å². The first-order valence-electron chi connectivity index (χ1n) is 7.83. The fourth-order valence-corrected chi connectivity index (χ4v) is 3.38. The summed E-state index contributed by atoms with van der Waals surface area (Å²) in [6, 6.07) is 14.8. The molecule has 1 aliphatic heterocycles. The van der Waals surface area contributed by atoms with Crippen molar-refractivity contribution in [2.24, 2.45) is 0 Å². The second-order valence-electron chi connectivity index (χ2n) is 5.74. The van der Waals surface area contributed by atoms with Crippen LogP contribution in [-0.4, -0.2) is 26.4 Å². The van der Waals surface area contributed by atoms with E-state index in [0.717, 1.165) is 15.6 Å². The molecule has 0 unspecified atom stereocenters. The molecule has 27 heavy (non-hydrogen) atoms. The zero-order chi connectivity index (χ0) is 19.0. The quantitative estimate of drug-likeness (QED) is 0.567. The minimum Gasteiger partial charge on any atom is -0.454 e. The molecule has 0 spiro atoms. The zero-order valence-corrected chi connectivity index (χ0v) is 16.3. The standard InChI is InChI=1S/C17H14BrN2O6P/c18-13-3-1-2-12(6-13)15-8-14(19-20(15)9-26-27(21,22)23)11-4-5-16-17(7-11)25-10-24-16/h1-8H,9-10H2,(H2,21,22,23). The van der Waals surface area contributed by atoms with E-state index in [1.165, 1.54) is 4.68 Å². The third kappa shape index (κ3) is 4.07. The van der Waals surface area contributed by atoms with Crippen LogP contribution in [0.4, 0.5) is 0 Å². The van der Waals surface area contributed by atoms with Gasteiger partial charge in [-0.1, -0.05) is 28.1 Å². The van der Waals surface area contributed by atoms with E-state index < -0.39 is 14.6 Å². The van der Waals surface area contributed by atoms with E-state index in [-0.39, 0.29) is 6.79 Å². The number of rotatable bonds is 5. The number of nitrogens with zero attached hydrogens (tertiary/aromatic N) is 2. The van der Waals surface area contributed by atoms with Crippen LogP contribution in [0.1, 0.15) is 0 Å². The number of halogens is 1. The Kier molecular flexibility index (Phi) is 4.79. The molecule has 0 atom stereocenters. The fraction of sp³-hybridized carbons (Fsp3) is 0.118. The van der Waals surface area contributed by atoms with Gasteiger partial charge in [-0.2, -0.15) is 5.10 Å². The molecule has 4 rings (SSSR count). The Bertz CT molecular complexity index is 1050. The molecular weight excluding hydrogens is 439 g/mol. The highest BCUT2D eigenvalue weighted by Crippen LogP contribution is 2.39. The number of ether oxygens (including phenoxy) is 2. The Morgan fingerprint density at radius 3 is 2.70 bits per heavy atom. The third-order valence-corrected chi connectivity index (χ3v) is 4.86. The summed E-state index contributed by atoms with van der Waals surface area (Å²) in [5.41, 5.74) is 2.86. The van der Waals surface area contributed by atoms with Gasteiger partial charge in [-0.05, 0) is 36.4 Å². The number of phosphoric ester groups is 1. The molecular formula is C17H14BrN2O6P. The predicted octanol–water partition coefficient (Wildman–Crippen LogP) is 3.78. The lowest BCUT2D eigenvalue weighted by atomic mass is 10.1. The summed E-state index contributed by atoms with van der Waals surface area (Å²) in [5, 5.41) is 4.45. The first kappa shape index (κ1) is 18.2. The normalized spacial score (nSPS) is 13.1. The lowest BCUT2D eigenvalue weighted by Crippen LogP contribution is -2.05. The molecule has 0 aliphatic carbocycles. The van der Waals surface area contributed by atoms with Crippen molar-refractivity contribution in [2.45, 2.75) is 6.73 Å². The summed E-state index contributed by atoms with van der Waals surface area (Å²) in [7, 11) is -4.63. The van der Waals surface area contributed by atoms with E-state index in [1.807, 2.05) is 42.5 Å². The monoisotopic (exact) mass is 452 g/mol. The number of hydrogen-bond acceptors (Lipinski definition) is 5. The van der Waals surface area contributed by atoms with Crippen LogP contribution < -0.4 is 9.47 Å². The van der Waals surface area contributed by atoms with Gasteiger partial charge < -0.3 is 19.3 Å². The lowest BCUT2D eigenvalue weighted by Gasteiger charge is -2.09. The number of phosphoric acid groups is 1. The smallest absolute Gasteiger partial charge is 0.454 e. The number of benzene rings is 2. The predicted molar refractivity (Wildman–Crippen MR) is 100 cm³/mol. The number of hydrogen-bond donors (Lipinski definition) is 2. The van der Waals surface area contributed by atoms with Gasteiger partial charge in [0.05, 0.1) is 11.4 Å². The molecule has 0 radical (unpaired) electrons. The van der Waals surface area contributed by atoms with Crippen LogP contribution in [0.5, 0.6) is 11.5 Å². The van der Waals surface area contributed by atoms with Crippen molar-refractivity contribution in [1.82, 2.24) is 9.78 Å². The largest absolute Gasteiger partial charge is 0.471 e. The van der Waals surface area contributed by atoms with Crippen molar-refractivity contribution in [3.05, 3.63) is 53.0 Å². The Hall–Kier alpha value is -2.16. The third-order valence-electron chi connectivity index (χ3n) is 3.92. The molecule has 0 bridgehead atoms.